The van der Waals surface area contributed by atoms with E-state index in [0.29, 0.717) is 6.42 Å². The van der Waals surface area contributed by atoms with Gasteiger partial charge in [0.2, 0.25) is 0 Å². The van der Waals surface area contributed by atoms with Crippen LogP contribution < -0.4 is 0 Å². The number of aliphatic hydroxyl groups excluding tert-OH is 1. The van der Waals surface area contributed by atoms with Gasteiger partial charge in [-0.1, -0.05) is 18.2 Å². The minimum absolute atomic E-state index is 0.438. The first-order valence-electron chi connectivity index (χ1n) is 6.51. The van der Waals surface area contributed by atoms with Crippen LogP contribution in [0.2, 0.25) is 0 Å². The number of aromatic nitrogens is 1. The Morgan fingerprint density at radius 1 is 1.06 bits per heavy atom. The van der Waals surface area contributed by atoms with E-state index in [1.54, 1.807) is 12.4 Å². The number of aliphatic hydroxyl groups is 1. The number of aryl methyl sites for hydroxylation is 2. The first-order valence-corrected chi connectivity index (χ1v) is 6.51. The zero-order valence-electron chi connectivity index (χ0n) is 10.3. The summed E-state index contributed by atoms with van der Waals surface area (Å²) in [6, 6.07) is 10.4. The quantitative estimate of drug-likeness (QED) is 0.893. The second-order valence-electron chi connectivity index (χ2n) is 4.96. The fraction of sp³-hybridized carbons (Fsp3) is 0.312. The Balaban J connectivity index is 1.77. The van der Waals surface area contributed by atoms with Gasteiger partial charge < -0.3 is 5.11 Å². The van der Waals surface area contributed by atoms with Gasteiger partial charge in [0.05, 0.1) is 6.10 Å². The van der Waals surface area contributed by atoms with Crippen LogP contribution >= 0.6 is 0 Å². The van der Waals surface area contributed by atoms with Crippen LogP contribution in [0.1, 0.15) is 34.8 Å². The topological polar surface area (TPSA) is 33.1 Å². The van der Waals surface area contributed by atoms with Crippen LogP contribution in [0.5, 0.6) is 0 Å². The molecule has 18 heavy (non-hydrogen) atoms. The molecule has 0 bridgehead atoms. The van der Waals surface area contributed by atoms with E-state index in [0.717, 1.165) is 5.56 Å². The summed E-state index contributed by atoms with van der Waals surface area (Å²) in [5.41, 5.74) is 5.11. The molecule has 1 atom stereocenters. The molecule has 2 heteroatoms. The van der Waals surface area contributed by atoms with Gasteiger partial charge in [-0.25, -0.2) is 0 Å². The summed E-state index contributed by atoms with van der Waals surface area (Å²) in [4.78, 5) is 3.97. The van der Waals surface area contributed by atoms with Gasteiger partial charge in [-0.05, 0) is 53.6 Å². The first kappa shape index (κ1) is 11.4. The molecule has 0 fully saturated rings. The van der Waals surface area contributed by atoms with E-state index < -0.39 is 6.10 Å². The Labute approximate surface area is 107 Å². The third-order valence-corrected chi connectivity index (χ3v) is 3.68. The number of hydrogen-bond acceptors (Lipinski definition) is 2. The molecule has 3 rings (SSSR count). The van der Waals surface area contributed by atoms with Crippen molar-refractivity contribution in [2.75, 3.05) is 0 Å². The van der Waals surface area contributed by atoms with E-state index in [2.05, 4.69) is 23.2 Å². The highest BCUT2D eigenvalue weighted by Gasteiger charge is 2.13. The number of nitrogens with zero attached hydrogens (tertiary/aromatic N) is 1. The number of hydrogen-bond donors (Lipinski definition) is 1. The number of pyridine rings is 1. The van der Waals surface area contributed by atoms with Gasteiger partial charge in [0, 0.05) is 18.8 Å². The van der Waals surface area contributed by atoms with Crippen molar-refractivity contribution < 1.29 is 5.11 Å². The summed E-state index contributed by atoms with van der Waals surface area (Å²) in [6.45, 7) is 0. The molecule has 2 aromatic rings. The van der Waals surface area contributed by atoms with Gasteiger partial charge in [-0.3, -0.25) is 4.98 Å². The third-order valence-electron chi connectivity index (χ3n) is 3.68. The lowest BCUT2D eigenvalue weighted by molar-refractivity contribution is 0.178. The van der Waals surface area contributed by atoms with Crippen molar-refractivity contribution >= 4 is 0 Å². The maximum absolute atomic E-state index is 10.2. The highest BCUT2D eigenvalue weighted by Crippen LogP contribution is 2.25. The lowest BCUT2D eigenvalue weighted by Crippen LogP contribution is -2.02. The molecular weight excluding hydrogens is 222 g/mol. The largest absolute Gasteiger partial charge is 0.388 e. The van der Waals surface area contributed by atoms with Crippen LogP contribution in [0.4, 0.5) is 0 Å². The van der Waals surface area contributed by atoms with Crippen molar-refractivity contribution in [2.45, 2.75) is 31.8 Å². The van der Waals surface area contributed by atoms with Gasteiger partial charge in [0.15, 0.2) is 0 Å². The molecule has 1 aliphatic carbocycles. The Morgan fingerprint density at radius 2 is 1.83 bits per heavy atom. The van der Waals surface area contributed by atoms with Crippen molar-refractivity contribution in [2.24, 2.45) is 0 Å². The van der Waals surface area contributed by atoms with Crippen molar-refractivity contribution in [1.29, 1.82) is 0 Å². The van der Waals surface area contributed by atoms with Crippen molar-refractivity contribution in [3.8, 4) is 0 Å². The van der Waals surface area contributed by atoms with Gasteiger partial charge in [0.1, 0.15) is 0 Å². The Bertz CT molecular complexity index is 536. The number of rotatable bonds is 3. The van der Waals surface area contributed by atoms with Crippen molar-refractivity contribution in [3.05, 3.63) is 65.0 Å². The fourth-order valence-corrected chi connectivity index (χ4v) is 2.68. The summed E-state index contributed by atoms with van der Waals surface area (Å²) >= 11 is 0. The van der Waals surface area contributed by atoms with Gasteiger partial charge in [0.25, 0.3) is 0 Å². The predicted octanol–water partition coefficient (Wildman–Crippen LogP) is 2.85. The van der Waals surface area contributed by atoms with Crippen LogP contribution in [0.15, 0.2) is 42.7 Å². The van der Waals surface area contributed by atoms with E-state index >= 15 is 0 Å². The summed E-state index contributed by atoms with van der Waals surface area (Å²) in [7, 11) is 0. The lowest BCUT2D eigenvalue weighted by atomic mass is 9.99. The van der Waals surface area contributed by atoms with Gasteiger partial charge in [-0.15, -0.1) is 0 Å². The van der Waals surface area contributed by atoms with Crippen LogP contribution in [0.25, 0.3) is 0 Å². The van der Waals surface area contributed by atoms with Gasteiger partial charge >= 0.3 is 0 Å². The molecule has 0 spiro atoms. The standard InChI is InChI=1S/C16H17NO/c18-16(14-6-8-17-9-7-14)11-12-4-5-13-2-1-3-15(13)10-12/h4-10,16,18H,1-3,11H2. The molecule has 0 aliphatic heterocycles. The second-order valence-corrected chi connectivity index (χ2v) is 4.96. The highest BCUT2D eigenvalue weighted by atomic mass is 16.3. The molecule has 1 heterocycles. The van der Waals surface area contributed by atoms with Gasteiger partial charge in [-0.2, -0.15) is 0 Å². The summed E-state index contributed by atoms with van der Waals surface area (Å²) in [5.74, 6) is 0. The molecule has 1 N–H and O–H groups in total. The predicted molar refractivity (Wildman–Crippen MR) is 71.4 cm³/mol. The SMILES string of the molecule is OC(Cc1ccc2c(c1)CCC2)c1ccncc1. The molecule has 0 radical (unpaired) electrons. The Kier molecular flexibility index (Phi) is 3.11. The molecule has 1 unspecified atom stereocenters. The average Bonchev–Trinajstić information content (AvgIpc) is 2.87. The fourth-order valence-electron chi connectivity index (χ4n) is 2.68. The summed E-state index contributed by atoms with van der Waals surface area (Å²) in [5, 5.41) is 10.2. The van der Waals surface area contributed by atoms with Crippen LogP contribution in [-0.2, 0) is 19.3 Å². The number of fused-ring (bicyclic) bond motifs is 1. The first-order chi connectivity index (χ1) is 8.83. The molecule has 0 saturated heterocycles. The molecule has 1 aromatic carbocycles. The zero-order chi connectivity index (χ0) is 12.4. The van der Waals surface area contributed by atoms with Crippen molar-refractivity contribution in [1.82, 2.24) is 4.98 Å². The maximum atomic E-state index is 10.2. The monoisotopic (exact) mass is 239 g/mol. The molecular formula is C16H17NO. The summed E-state index contributed by atoms with van der Waals surface area (Å²) in [6.07, 6.45) is 7.36. The molecule has 92 valence electrons. The van der Waals surface area contributed by atoms with Crippen LogP contribution in [-0.4, -0.2) is 10.1 Å². The average molecular weight is 239 g/mol. The Hall–Kier alpha value is -1.67. The normalized spacial score (nSPS) is 15.4. The zero-order valence-corrected chi connectivity index (χ0v) is 10.3. The molecule has 1 aromatic heterocycles. The molecule has 2 nitrogen and oxygen atoms in total. The summed E-state index contributed by atoms with van der Waals surface area (Å²) < 4.78 is 0. The Morgan fingerprint density at radius 3 is 2.67 bits per heavy atom. The van der Waals surface area contributed by atoms with E-state index in [4.69, 9.17) is 0 Å². The highest BCUT2D eigenvalue weighted by molar-refractivity contribution is 5.36. The molecule has 0 amide bonds. The lowest BCUT2D eigenvalue weighted by Gasteiger charge is -2.11. The third kappa shape index (κ3) is 2.29. The van der Waals surface area contributed by atoms with Crippen LogP contribution in [0, 0.1) is 0 Å². The minimum atomic E-state index is -0.438. The molecule has 1 aliphatic rings. The molecule has 0 saturated carbocycles. The smallest absolute Gasteiger partial charge is 0.0831 e. The maximum Gasteiger partial charge on any atom is 0.0831 e. The van der Waals surface area contributed by atoms with E-state index in [9.17, 15) is 5.11 Å². The minimum Gasteiger partial charge on any atom is -0.388 e. The number of benzene rings is 1. The van der Waals surface area contributed by atoms with E-state index in [-0.39, 0.29) is 0 Å². The van der Waals surface area contributed by atoms with Crippen molar-refractivity contribution in [3.63, 3.8) is 0 Å². The van der Waals surface area contributed by atoms with Crippen LogP contribution in [0.3, 0.4) is 0 Å². The van der Waals surface area contributed by atoms with E-state index in [1.165, 1.54) is 36.0 Å². The second kappa shape index (κ2) is 4.91. The van der Waals surface area contributed by atoms with E-state index in [1.807, 2.05) is 12.1 Å².